The molecule has 0 aromatic rings. The molecule has 0 saturated heterocycles. The van der Waals surface area contributed by atoms with E-state index in [9.17, 15) is 0 Å². The van der Waals surface area contributed by atoms with E-state index in [1.165, 1.54) is 0 Å². The first kappa shape index (κ1) is 36.0. The molecular weight excluding hydrogens is 361 g/mol. The molecule has 0 rings (SSSR count). The third-order valence-electron chi connectivity index (χ3n) is 0. The first-order valence-corrected chi connectivity index (χ1v) is 2.74. The first-order valence-electron chi connectivity index (χ1n) is 2.74. The van der Waals surface area contributed by atoms with Gasteiger partial charge in [-0.1, -0.05) is 0 Å². The zero-order valence-corrected chi connectivity index (χ0v) is 10.2. The quantitative estimate of drug-likeness (QED) is 0.361. The van der Waals surface area contributed by atoms with Gasteiger partial charge in [-0.15, -0.1) is 0 Å². The smallest absolute Gasteiger partial charge is 0.0689 e. The van der Waals surface area contributed by atoms with E-state index < -0.39 is 25.4 Å². The van der Waals surface area contributed by atoms with Gasteiger partial charge in [0, 0.05) is 18.6 Å². The summed E-state index contributed by atoms with van der Waals surface area (Å²) in [7, 11) is 0. The summed E-state index contributed by atoms with van der Waals surface area (Å²) in [5, 5.41) is 73.8. The van der Waals surface area contributed by atoms with Crippen molar-refractivity contribution in [1.82, 2.24) is 0 Å². The molecule has 21 heteroatoms. The van der Waals surface area contributed by atoms with Crippen LogP contribution in [0.5, 0.6) is 0 Å². The molecule has 125 valence electrons. The Bertz CT molecular complexity index is 207. The summed E-state index contributed by atoms with van der Waals surface area (Å²) in [6.07, 6.45) is 0. The van der Waals surface area contributed by atoms with Crippen LogP contribution in [0.4, 0.5) is 0 Å². The molecular formula is N5O15V-5. The maximum Gasteiger partial charge on any atom is 0.0689 e. The van der Waals surface area contributed by atoms with Gasteiger partial charge in [0.25, 0.3) is 0 Å². The van der Waals surface area contributed by atoms with E-state index in [4.69, 9.17) is 76.6 Å². The SMILES string of the molecule is O=[N+]([O-])[O-].O=[N+]([O-])[O-].O=[N+]([O-])[O-].O=[N+]([O-])[O-].O=[N+]([O-])[O-].[V]. The summed E-state index contributed by atoms with van der Waals surface area (Å²) in [6, 6.07) is 0. The standard InChI is InChI=1S/5NO3.V/c5*2-1(3)4;/q5*-1;. The van der Waals surface area contributed by atoms with Crippen molar-refractivity contribution in [3.05, 3.63) is 76.6 Å². The number of hydrogen-bond donors (Lipinski definition) is 0. The molecule has 0 aliphatic carbocycles. The third kappa shape index (κ3) is 302. The molecule has 0 aliphatic rings. The van der Waals surface area contributed by atoms with Gasteiger partial charge in [-0.2, -0.15) is 0 Å². The Labute approximate surface area is 121 Å². The second-order valence-electron chi connectivity index (χ2n) is 1.12. The Kier molecular flexibility index (Phi) is 51.5. The van der Waals surface area contributed by atoms with Crippen LogP contribution in [0.2, 0.25) is 0 Å². The molecule has 0 spiro atoms. The monoisotopic (exact) mass is 361 g/mol. The van der Waals surface area contributed by atoms with E-state index in [1.54, 1.807) is 0 Å². The van der Waals surface area contributed by atoms with Crippen molar-refractivity contribution in [2.24, 2.45) is 0 Å². The van der Waals surface area contributed by atoms with Crippen LogP contribution in [0.25, 0.3) is 0 Å². The van der Waals surface area contributed by atoms with Gasteiger partial charge < -0.3 is 76.6 Å². The molecule has 0 amide bonds. The predicted molar refractivity (Wildman–Crippen MR) is 51.8 cm³/mol. The van der Waals surface area contributed by atoms with Crippen molar-refractivity contribution in [1.29, 1.82) is 0 Å². The van der Waals surface area contributed by atoms with Crippen molar-refractivity contribution in [2.45, 2.75) is 0 Å². The van der Waals surface area contributed by atoms with Crippen LogP contribution in [-0.2, 0) is 18.6 Å². The molecule has 0 N–H and O–H groups in total. The first-order chi connectivity index (χ1) is 8.66. The summed E-state index contributed by atoms with van der Waals surface area (Å²) < 4.78 is 0. The second-order valence-corrected chi connectivity index (χ2v) is 1.12. The van der Waals surface area contributed by atoms with Crippen LogP contribution in [0.1, 0.15) is 0 Å². The number of hydrogen-bond acceptors (Lipinski definition) is 15. The second kappa shape index (κ2) is 30.0. The Morgan fingerprint density at radius 3 is 0.333 bits per heavy atom. The normalized spacial score (nSPS) is 5.71. The van der Waals surface area contributed by atoms with Crippen molar-refractivity contribution in [3.8, 4) is 0 Å². The van der Waals surface area contributed by atoms with Crippen molar-refractivity contribution in [2.75, 3.05) is 0 Å². The number of nitrogens with zero attached hydrogens (tertiary/aromatic N) is 5. The molecule has 0 fully saturated rings. The van der Waals surface area contributed by atoms with Crippen molar-refractivity contribution in [3.63, 3.8) is 0 Å². The van der Waals surface area contributed by atoms with E-state index in [1.807, 2.05) is 0 Å². The molecule has 0 aromatic heterocycles. The summed E-state index contributed by atoms with van der Waals surface area (Å²) in [5.41, 5.74) is 0. The molecule has 0 heterocycles. The summed E-state index contributed by atoms with van der Waals surface area (Å²) in [6.45, 7) is 0. The Morgan fingerprint density at radius 2 is 0.333 bits per heavy atom. The summed E-state index contributed by atoms with van der Waals surface area (Å²) >= 11 is 0. The van der Waals surface area contributed by atoms with Gasteiger partial charge in [-0.3, -0.25) is 0 Å². The minimum Gasteiger partial charge on any atom is -0.356 e. The molecule has 0 aliphatic heterocycles. The topological polar surface area (TPSA) is 331 Å². The van der Waals surface area contributed by atoms with Gasteiger partial charge in [0.1, 0.15) is 0 Å². The molecule has 0 aromatic carbocycles. The van der Waals surface area contributed by atoms with Gasteiger partial charge in [-0.05, 0) is 0 Å². The van der Waals surface area contributed by atoms with Crippen molar-refractivity contribution < 1.29 is 44.0 Å². The van der Waals surface area contributed by atoms with E-state index in [0.29, 0.717) is 0 Å². The van der Waals surface area contributed by atoms with Gasteiger partial charge >= 0.3 is 0 Å². The Hall–Kier alpha value is -3.42. The molecule has 0 atom stereocenters. The minimum atomic E-state index is -1.75. The average molecular weight is 361 g/mol. The molecule has 1 radical (unpaired) electrons. The molecule has 20 nitrogen and oxygen atoms in total. The van der Waals surface area contributed by atoms with E-state index in [0.717, 1.165) is 0 Å². The molecule has 21 heavy (non-hydrogen) atoms. The van der Waals surface area contributed by atoms with Crippen LogP contribution in [0.3, 0.4) is 0 Å². The van der Waals surface area contributed by atoms with Crippen LogP contribution in [-0.4, -0.2) is 25.4 Å². The zero-order valence-electron chi connectivity index (χ0n) is 8.81. The maximum absolute atomic E-state index is 8.25. The minimum absolute atomic E-state index is 0. The largest absolute Gasteiger partial charge is 0.356 e. The maximum atomic E-state index is 8.25. The van der Waals surface area contributed by atoms with Gasteiger partial charge in [0.2, 0.25) is 0 Å². The molecule has 0 unspecified atom stereocenters. The van der Waals surface area contributed by atoms with Crippen LogP contribution in [0.15, 0.2) is 0 Å². The summed E-state index contributed by atoms with van der Waals surface area (Å²) in [5.74, 6) is 0. The van der Waals surface area contributed by atoms with Crippen LogP contribution in [0, 0.1) is 76.6 Å². The van der Waals surface area contributed by atoms with E-state index in [2.05, 4.69) is 0 Å². The fourth-order valence-electron chi connectivity index (χ4n) is 0. The summed E-state index contributed by atoms with van der Waals surface area (Å²) in [4.78, 5) is 41.2. The molecule has 0 bridgehead atoms. The molecule has 0 saturated carbocycles. The van der Waals surface area contributed by atoms with Gasteiger partial charge in [0.15, 0.2) is 0 Å². The fourth-order valence-corrected chi connectivity index (χ4v) is 0. The Morgan fingerprint density at radius 1 is 0.333 bits per heavy atom. The Balaban J connectivity index is -0.0000000331. The average Bonchev–Trinajstić information content (AvgIpc) is 1.94. The fraction of sp³-hybridized carbons (Fsp3) is 0. The van der Waals surface area contributed by atoms with Crippen molar-refractivity contribution >= 4 is 0 Å². The van der Waals surface area contributed by atoms with Crippen LogP contribution < -0.4 is 0 Å². The van der Waals surface area contributed by atoms with E-state index in [-0.39, 0.29) is 18.6 Å². The van der Waals surface area contributed by atoms with Gasteiger partial charge in [0.05, 0.1) is 25.4 Å². The third-order valence-corrected chi connectivity index (χ3v) is 0. The van der Waals surface area contributed by atoms with Gasteiger partial charge in [-0.25, -0.2) is 0 Å². The van der Waals surface area contributed by atoms with E-state index >= 15 is 0 Å². The number of rotatable bonds is 0. The zero-order chi connectivity index (χ0) is 17.9. The predicted octanol–water partition coefficient (Wildman–Crippen LogP) is -1.20. The van der Waals surface area contributed by atoms with Crippen LogP contribution >= 0.6 is 0 Å².